The van der Waals surface area contributed by atoms with E-state index in [2.05, 4.69) is 9.71 Å². The highest BCUT2D eigenvalue weighted by molar-refractivity contribution is 7.90. The second-order valence-corrected chi connectivity index (χ2v) is 7.21. The molecule has 21 heavy (non-hydrogen) atoms. The van der Waals surface area contributed by atoms with Crippen LogP contribution in [-0.2, 0) is 16.6 Å². The van der Waals surface area contributed by atoms with Crippen molar-refractivity contribution in [1.29, 1.82) is 5.26 Å². The van der Waals surface area contributed by atoms with E-state index in [1.54, 1.807) is 13.0 Å². The van der Waals surface area contributed by atoms with Gasteiger partial charge in [0.25, 0.3) is 0 Å². The molecule has 1 aromatic heterocycles. The molecule has 0 saturated carbocycles. The molecule has 0 fully saturated rings. The van der Waals surface area contributed by atoms with Crippen LogP contribution in [-0.4, -0.2) is 18.7 Å². The molecule has 0 spiro atoms. The molecule has 0 unspecified atom stereocenters. The zero-order valence-corrected chi connectivity index (χ0v) is 13.1. The molecule has 0 radical (unpaired) electrons. The highest BCUT2D eigenvalue weighted by Gasteiger charge is 2.23. The standard InChI is InChI=1S/C14H15N3O2S2/c1-2-13(8-15)21(18,19)16-9-12-10-20-14(17-12)11-6-4-3-5-7-11/h3-7,10,13,16H,2,9H2,1H3/t13-/m0/s1. The zero-order valence-electron chi connectivity index (χ0n) is 11.5. The van der Waals surface area contributed by atoms with Gasteiger partial charge < -0.3 is 0 Å². The van der Waals surface area contributed by atoms with Crippen molar-refractivity contribution >= 4 is 21.4 Å². The van der Waals surface area contributed by atoms with Crippen LogP contribution in [0.15, 0.2) is 35.7 Å². The monoisotopic (exact) mass is 321 g/mol. The Kier molecular flexibility index (Phi) is 5.07. The Morgan fingerprint density at radius 2 is 2.10 bits per heavy atom. The number of sulfonamides is 1. The number of nitrogens with one attached hydrogen (secondary N) is 1. The summed E-state index contributed by atoms with van der Waals surface area (Å²) < 4.78 is 26.2. The molecule has 2 aromatic rings. The van der Waals surface area contributed by atoms with Gasteiger partial charge in [0.15, 0.2) is 5.25 Å². The van der Waals surface area contributed by atoms with Crippen molar-refractivity contribution in [3.05, 3.63) is 41.4 Å². The number of aromatic nitrogens is 1. The summed E-state index contributed by atoms with van der Waals surface area (Å²) in [5.74, 6) is 0. The van der Waals surface area contributed by atoms with E-state index in [1.807, 2.05) is 35.7 Å². The van der Waals surface area contributed by atoms with Crippen molar-refractivity contribution in [3.63, 3.8) is 0 Å². The van der Waals surface area contributed by atoms with Gasteiger partial charge in [-0.15, -0.1) is 11.3 Å². The third-order valence-electron chi connectivity index (χ3n) is 2.92. The lowest BCUT2D eigenvalue weighted by Crippen LogP contribution is -2.32. The van der Waals surface area contributed by atoms with Gasteiger partial charge in [0.05, 0.1) is 18.3 Å². The van der Waals surface area contributed by atoms with E-state index >= 15 is 0 Å². The van der Waals surface area contributed by atoms with Crippen LogP contribution < -0.4 is 4.72 Å². The van der Waals surface area contributed by atoms with Crippen LogP contribution in [0.1, 0.15) is 19.0 Å². The molecule has 0 bridgehead atoms. The molecular formula is C14H15N3O2S2. The molecule has 0 aliphatic carbocycles. The van der Waals surface area contributed by atoms with E-state index in [4.69, 9.17) is 5.26 Å². The van der Waals surface area contributed by atoms with Crippen LogP contribution in [0.5, 0.6) is 0 Å². The quantitative estimate of drug-likeness (QED) is 0.886. The van der Waals surface area contributed by atoms with E-state index in [9.17, 15) is 8.42 Å². The maximum atomic E-state index is 11.9. The Hall–Kier alpha value is -1.75. The summed E-state index contributed by atoms with van der Waals surface area (Å²) in [5.41, 5.74) is 1.65. The average Bonchev–Trinajstić information content (AvgIpc) is 2.96. The molecule has 1 heterocycles. The molecule has 1 N–H and O–H groups in total. The molecule has 2 rings (SSSR count). The van der Waals surface area contributed by atoms with Gasteiger partial charge >= 0.3 is 0 Å². The molecule has 0 aliphatic heterocycles. The number of hydrogen-bond acceptors (Lipinski definition) is 5. The summed E-state index contributed by atoms with van der Waals surface area (Å²) in [5, 5.41) is 10.5. The second-order valence-electron chi connectivity index (χ2n) is 4.40. The van der Waals surface area contributed by atoms with Crippen LogP contribution in [0.3, 0.4) is 0 Å². The van der Waals surface area contributed by atoms with Crippen LogP contribution in [0, 0.1) is 11.3 Å². The fourth-order valence-electron chi connectivity index (χ4n) is 1.76. The summed E-state index contributed by atoms with van der Waals surface area (Å²) in [6, 6.07) is 11.5. The lowest BCUT2D eigenvalue weighted by Gasteiger charge is -2.08. The fraction of sp³-hybridized carbons (Fsp3) is 0.286. The van der Waals surface area contributed by atoms with Crippen molar-refractivity contribution in [3.8, 4) is 16.6 Å². The number of thiazole rings is 1. The molecule has 0 saturated heterocycles. The average molecular weight is 321 g/mol. The van der Waals surface area contributed by atoms with Gasteiger partial charge in [-0.3, -0.25) is 0 Å². The number of nitrogens with zero attached hydrogens (tertiary/aromatic N) is 2. The summed E-state index contributed by atoms with van der Waals surface area (Å²) in [6.07, 6.45) is 0.262. The van der Waals surface area contributed by atoms with E-state index in [0.717, 1.165) is 10.6 Å². The molecule has 1 aromatic carbocycles. The van der Waals surface area contributed by atoms with Gasteiger partial charge in [-0.05, 0) is 6.42 Å². The first-order chi connectivity index (χ1) is 10.1. The third kappa shape index (κ3) is 3.88. The van der Waals surface area contributed by atoms with Crippen LogP contribution in [0.4, 0.5) is 0 Å². The minimum Gasteiger partial charge on any atom is -0.240 e. The van der Waals surface area contributed by atoms with Crippen LogP contribution in [0.2, 0.25) is 0 Å². The van der Waals surface area contributed by atoms with Crippen molar-refractivity contribution in [2.45, 2.75) is 25.1 Å². The van der Waals surface area contributed by atoms with Gasteiger partial charge in [0.1, 0.15) is 5.01 Å². The summed E-state index contributed by atoms with van der Waals surface area (Å²) >= 11 is 1.46. The minimum atomic E-state index is -3.62. The first-order valence-corrected chi connectivity index (χ1v) is 8.87. The predicted octanol–water partition coefficient (Wildman–Crippen LogP) is 2.53. The number of nitriles is 1. The van der Waals surface area contributed by atoms with Crippen LogP contribution in [0.25, 0.3) is 10.6 Å². The summed E-state index contributed by atoms with van der Waals surface area (Å²) in [4.78, 5) is 4.40. The van der Waals surface area contributed by atoms with E-state index in [0.29, 0.717) is 5.69 Å². The van der Waals surface area contributed by atoms with Gasteiger partial charge in [-0.2, -0.15) is 5.26 Å². The maximum Gasteiger partial charge on any atom is 0.228 e. The normalized spacial score (nSPS) is 12.8. The smallest absolute Gasteiger partial charge is 0.228 e. The SMILES string of the molecule is CC[C@@H](C#N)S(=O)(=O)NCc1csc(-c2ccccc2)n1. The molecule has 0 aliphatic rings. The van der Waals surface area contributed by atoms with Crippen LogP contribution >= 0.6 is 11.3 Å². The second kappa shape index (κ2) is 6.80. The predicted molar refractivity (Wildman–Crippen MR) is 83.0 cm³/mol. The maximum absolute atomic E-state index is 11.9. The fourth-order valence-corrected chi connectivity index (χ4v) is 3.71. The summed E-state index contributed by atoms with van der Waals surface area (Å²) in [7, 11) is -3.62. The van der Waals surface area contributed by atoms with Gasteiger partial charge in [-0.1, -0.05) is 37.3 Å². The highest BCUT2D eigenvalue weighted by Crippen LogP contribution is 2.23. The van der Waals surface area contributed by atoms with Gasteiger partial charge in [0.2, 0.25) is 10.0 Å². The molecule has 1 atom stereocenters. The zero-order chi connectivity index (χ0) is 15.3. The molecule has 110 valence electrons. The molecule has 5 nitrogen and oxygen atoms in total. The van der Waals surface area contributed by atoms with E-state index in [1.165, 1.54) is 11.3 Å². The third-order valence-corrected chi connectivity index (χ3v) is 5.59. The van der Waals surface area contributed by atoms with Crippen molar-refractivity contribution in [1.82, 2.24) is 9.71 Å². The molecular weight excluding hydrogens is 306 g/mol. The lowest BCUT2D eigenvalue weighted by atomic mass is 10.2. The summed E-state index contributed by atoms with van der Waals surface area (Å²) in [6.45, 7) is 1.77. The lowest BCUT2D eigenvalue weighted by molar-refractivity contribution is 0.571. The number of benzene rings is 1. The largest absolute Gasteiger partial charge is 0.240 e. The Morgan fingerprint density at radius 1 is 1.38 bits per heavy atom. The number of hydrogen-bond donors (Lipinski definition) is 1. The Labute approximate surface area is 128 Å². The van der Waals surface area contributed by atoms with Gasteiger partial charge in [0, 0.05) is 10.9 Å². The van der Waals surface area contributed by atoms with E-state index in [-0.39, 0.29) is 13.0 Å². The highest BCUT2D eigenvalue weighted by atomic mass is 32.2. The Morgan fingerprint density at radius 3 is 2.71 bits per heavy atom. The minimum absolute atomic E-state index is 0.101. The Bertz CT molecular complexity index is 733. The first-order valence-electron chi connectivity index (χ1n) is 6.44. The first kappa shape index (κ1) is 15.6. The topological polar surface area (TPSA) is 82.8 Å². The Balaban J connectivity index is 2.06. The molecule has 0 amide bonds. The van der Waals surface area contributed by atoms with E-state index < -0.39 is 15.3 Å². The van der Waals surface area contributed by atoms with Crippen molar-refractivity contribution in [2.24, 2.45) is 0 Å². The molecule has 7 heteroatoms. The van der Waals surface area contributed by atoms with Gasteiger partial charge in [-0.25, -0.2) is 18.1 Å². The van der Waals surface area contributed by atoms with Crippen molar-refractivity contribution < 1.29 is 8.42 Å². The number of rotatable bonds is 6. The van der Waals surface area contributed by atoms with Crippen molar-refractivity contribution in [2.75, 3.05) is 0 Å².